The van der Waals surface area contributed by atoms with Gasteiger partial charge in [-0.15, -0.1) is 0 Å². The van der Waals surface area contributed by atoms with Crippen molar-refractivity contribution < 1.29 is 57.3 Å². The highest BCUT2D eigenvalue weighted by atomic mass is 16.5. The first kappa shape index (κ1) is 41.8. The Bertz CT molecular complexity index is 2010. The van der Waals surface area contributed by atoms with Crippen LogP contribution >= 0.6 is 0 Å². The molecule has 0 fully saturated rings. The molecule has 5 rings (SSSR count). The summed E-state index contributed by atoms with van der Waals surface area (Å²) in [6, 6.07) is 28.9. The first-order chi connectivity index (χ1) is 28.3. The number of hydrogen-bond acceptors (Lipinski definition) is 12. The summed E-state index contributed by atoms with van der Waals surface area (Å²) in [5.41, 5.74) is 2.35. The van der Waals surface area contributed by atoms with E-state index in [2.05, 4.69) is 0 Å². The molecule has 0 aromatic heterocycles. The Balaban J connectivity index is 1.46. The summed E-state index contributed by atoms with van der Waals surface area (Å²) in [6.45, 7) is -0.878. The van der Waals surface area contributed by atoms with Gasteiger partial charge in [0.25, 0.3) is 0 Å². The number of carbonyl (C=O) groups is 8. The zero-order chi connectivity index (χ0) is 41.3. The van der Waals surface area contributed by atoms with Gasteiger partial charge in [0.05, 0.1) is 48.7 Å². The van der Waals surface area contributed by atoms with Crippen LogP contribution in [0.2, 0.25) is 0 Å². The SMILES string of the molecule is O=Cc1ccccc1CCOC(=O)c1cc(C(=O)OCCc2ccccc2C=O)c(C(=O)OCCc2ccccc2C=O)cc1C(=O)OCCc1ccccc1C=O. The predicted molar refractivity (Wildman–Crippen MR) is 210 cm³/mol. The molecule has 294 valence electrons. The van der Waals surface area contributed by atoms with Crippen molar-refractivity contribution in [3.63, 3.8) is 0 Å². The fourth-order valence-corrected chi connectivity index (χ4v) is 6.11. The van der Waals surface area contributed by atoms with Gasteiger partial charge in [0, 0.05) is 47.9 Å². The summed E-state index contributed by atoms with van der Waals surface area (Å²) < 4.78 is 22.1. The second kappa shape index (κ2) is 21.1. The van der Waals surface area contributed by atoms with E-state index in [9.17, 15) is 38.4 Å². The molecule has 12 nitrogen and oxygen atoms in total. The fraction of sp³-hybridized carbons (Fsp3) is 0.174. The first-order valence-electron chi connectivity index (χ1n) is 18.3. The Morgan fingerprint density at radius 2 is 0.552 bits per heavy atom. The van der Waals surface area contributed by atoms with Crippen LogP contribution in [0, 0.1) is 0 Å². The van der Waals surface area contributed by atoms with Gasteiger partial charge in [-0.2, -0.15) is 0 Å². The Morgan fingerprint density at radius 3 is 0.759 bits per heavy atom. The van der Waals surface area contributed by atoms with Crippen LogP contribution in [0.1, 0.15) is 105 Å². The third-order valence-electron chi connectivity index (χ3n) is 9.18. The number of rotatable bonds is 20. The number of ether oxygens (including phenoxy) is 4. The van der Waals surface area contributed by atoms with E-state index in [4.69, 9.17) is 18.9 Å². The van der Waals surface area contributed by atoms with E-state index in [-0.39, 0.29) is 52.1 Å². The Kier molecular flexibility index (Phi) is 15.2. The average Bonchev–Trinajstić information content (AvgIpc) is 3.26. The summed E-state index contributed by atoms with van der Waals surface area (Å²) in [6.07, 6.45) is 3.27. The molecule has 58 heavy (non-hydrogen) atoms. The summed E-state index contributed by atoms with van der Waals surface area (Å²) in [7, 11) is 0. The van der Waals surface area contributed by atoms with Crippen molar-refractivity contribution in [1.82, 2.24) is 0 Å². The Hall–Kier alpha value is -7.34. The van der Waals surface area contributed by atoms with E-state index in [1.807, 2.05) is 0 Å². The van der Waals surface area contributed by atoms with Crippen LogP contribution in [-0.4, -0.2) is 75.4 Å². The number of hydrogen-bond donors (Lipinski definition) is 0. The molecule has 0 heterocycles. The topological polar surface area (TPSA) is 173 Å². The van der Waals surface area contributed by atoms with Crippen LogP contribution in [0.4, 0.5) is 0 Å². The van der Waals surface area contributed by atoms with Crippen molar-refractivity contribution in [3.8, 4) is 0 Å². The van der Waals surface area contributed by atoms with Crippen LogP contribution < -0.4 is 0 Å². The molecule has 0 saturated heterocycles. The molecule has 0 unspecified atom stereocenters. The van der Waals surface area contributed by atoms with Gasteiger partial charge in [0.15, 0.2) is 0 Å². The monoisotopic (exact) mass is 782 g/mol. The van der Waals surface area contributed by atoms with Gasteiger partial charge in [0.2, 0.25) is 0 Å². The van der Waals surface area contributed by atoms with Crippen LogP contribution in [-0.2, 0) is 44.6 Å². The standard InChI is InChI=1S/C46H38O12/c47-27-35-13-5-1-9-31(35)17-21-55-43(51)39-25-41(45(53)57-23-19-33-11-3-7-15-37(33)29-49)42(46(54)58-24-20-34-12-4-8-16-38(34)30-50)26-40(39)44(52)56-22-18-32-10-2-6-14-36(32)28-48/h1-16,25-30H,17-24H2. The van der Waals surface area contributed by atoms with Gasteiger partial charge in [-0.25, -0.2) is 19.2 Å². The van der Waals surface area contributed by atoms with Gasteiger partial charge < -0.3 is 18.9 Å². The third kappa shape index (κ3) is 10.9. The average molecular weight is 783 g/mol. The van der Waals surface area contributed by atoms with Crippen molar-refractivity contribution in [2.45, 2.75) is 25.7 Å². The zero-order valence-electron chi connectivity index (χ0n) is 31.3. The highest BCUT2D eigenvalue weighted by molar-refractivity contribution is 6.10. The van der Waals surface area contributed by atoms with Crippen LogP contribution in [0.25, 0.3) is 0 Å². The smallest absolute Gasteiger partial charge is 0.339 e. The lowest BCUT2D eigenvalue weighted by Crippen LogP contribution is -2.22. The number of esters is 4. The molecular formula is C46H38O12. The van der Waals surface area contributed by atoms with Crippen molar-refractivity contribution in [2.24, 2.45) is 0 Å². The molecule has 0 aliphatic carbocycles. The molecule has 0 atom stereocenters. The second-order valence-electron chi connectivity index (χ2n) is 12.8. The highest BCUT2D eigenvalue weighted by Gasteiger charge is 2.29. The van der Waals surface area contributed by atoms with E-state index < -0.39 is 46.1 Å². The minimum Gasteiger partial charge on any atom is -0.462 e. The maximum absolute atomic E-state index is 13.7. The lowest BCUT2D eigenvalue weighted by atomic mass is 9.97. The zero-order valence-corrected chi connectivity index (χ0v) is 31.3. The molecule has 0 aliphatic heterocycles. The minimum absolute atomic E-state index is 0.144. The molecule has 0 bridgehead atoms. The molecular weight excluding hydrogens is 744 g/mol. The van der Waals surface area contributed by atoms with E-state index in [0.717, 1.165) is 12.1 Å². The summed E-state index contributed by atoms with van der Waals surface area (Å²) in [5, 5.41) is 0. The predicted octanol–water partition coefficient (Wildman–Crippen LogP) is 6.53. The lowest BCUT2D eigenvalue weighted by molar-refractivity contribution is 0.0445. The van der Waals surface area contributed by atoms with Crippen molar-refractivity contribution in [2.75, 3.05) is 26.4 Å². The second-order valence-corrected chi connectivity index (χ2v) is 12.8. The molecule has 0 amide bonds. The van der Waals surface area contributed by atoms with Gasteiger partial charge in [0.1, 0.15) is 25.1 Å². The molecule has 5 aromatic rings. The fourth-order valence-electron chi connectivity index (χ4n) is 6.11. The number of carbonyl (C=O) groups excluding carboxylic acids is 8. The molecule has 5 aromatic carbocycles. The largest absolute Gasteiger partial charge is 0.462 e. The molecule has 0 radical (unpaired) electrons. The summed E-state index contributed by atoms with van der Waals surface area (Å²) in [4.78, 5) is 101. The van der Waals surface area contributed by atoms with Crippen molar-refractivity contribution in [1.29, 1.82) is 0 Å². The van der Waals surface area contributed by atoms with E-state index in [1.165, 1.54) is 0 Å². The molecule has 0 N–H and O–H groups in total. The molecule has 12 heteroatoms. The Morgan fingerprint density at radius 1 is 0.345 bits per heavy atom. The Labute approximate surface area is 333 Å². The molecule has 0 spiro atoms. The quantitative estimate of drug-likeness (QED) is 0.0475. The molecule has 0 aliphatic rings. The third-order valence-corrected chi connectivity index (χ3v) is 9.18. The van der Waals surface area contributed by atoms with Gasteiger partial charge in [-0.05, 0) is 34.4 Å². The maximum atomic E-state index is 13.7. The summed E-state index contributed by atoms with van der Waals surface area (Å²) in [5.74, 6) is -4.16. The van der Waals surface area contributed by atoms with Gasteiger partial charge in [-0.3, -0.25) is 19.2 Å². The van der Waals surface area contributed by atoms with E-state index in [0.29, 0.717) is 69.7 Å². The van der Waals surface area contributed by atoms with Crippen molar-refractivity contribution in [3.05, 3.63) is 176 Å². The van der Waals surface area contributed by atoms with E-state index >= 15 is 0 Å². The first-order valence-corrected chi connectivity index (χ1v) is 18.3. The van der Waals surface area contributed by atoms with Crippen LogP contribution in [0.15, 0.2) is 109 Å². The number of aldehydes is 4. The van der Waals surface area contributed by atoms with E-state index in [1.54, 1.807) is 97.1 Å². The highest BCUT2D eigenvalue weighted by Crippen LogP contribution is 2.23. The van der Waals surface area contributed by atoms with Crippen LogP contribution in [0.3, 0.4) is 0 Å². The minimum atomic E-state index is -1.04. The molecule has 0 saturated carbocycles. The number of benzene rings is 5. The van der Waals surface area contributed by atoms with Gasteiger partial charge >= 0.3 is 23.9 Å². The van der Waals surface area contributed by atoms with Crippen molar-refractivity contribution >= 4 is 49.0 Å². The maximum Gasteiger partial charge on any atom is 0.339 e. The summed E-state index contributed by atoms with van der Waals surface area (Å²) >= 11 is 0. The lowest BCUT2D eigenvalue weighted by Gasteiger charge is -2.16. The van der Waals surface area contributed by atoms with Gasteiger partial charge in [-0.1, -0.05) is 97.1 Å². The van der Waals surface area contributed by atoms with Crippen LogP contribution in [0.5, 0.6) is 0 Å². The normalized spacial score (nSPS) is 10.5.